The molecule has 0 bridgehead atoms. The first kappa shape index (κ1) is 12.4. The van der Waals surface area contributed by atoms with Crippen LogP contribution in [0, 0.1) is 0 Å². The molecule has 2 unspecified atom stereocenters. The summed E-state index contributed by atoms with van der Waals surface area (Å²) in [5.74, 6) is 0.889. The molecule has 1 saturated carbocycles. The molecular weight excluding hydrogens is 318 g/mol. The molecule has 1 fully saturated rings. The Morgan fingerprint density at radius 3 is 3.00 bits per heavy atom. The van der Waals surface area contributed by atoms with Gasteiger partial charge in [0.05, 0.1) is 18.2 Å². The largest absolute Gasteiger partial charge is 0.484 e. The Morgan fingerprint density at radius 1 is 1.35 bits per heavy atom. The van der Waals surface area contributed by atoms with Crippen molar-refractivity contribution in [2.24, 2.45) is 5.73 Å². The van der Waals surface area contributed by atoms with Crippen LogP contribution in [0.3, 0.4) is 0 Å². The van der Waals surface area contributed by atoms with Crippen molar-refractivity contribution in [1.82, 2.24) is 9.55 Å². The van der Waals surface area contributed by atoms with E-state index in [0.717, 1.165) is 27.9 Å². The Morgan fingerprint density at radius 2 is 2.20 bits per heavy atom. The number of nitrogens with zero attached hydrogens (tertiary/aromatic N) is 2. The topological polar surface area (TPSA) is 53.1 Å². The SMILES string of the molecule is NC1CC(c2cncn2C2CC2)Oc2ccc(Br)cc21. The molecule has 1 aliphatic carbocycles. The Hall–Kier alpha value is -1.33. The van der Waals surface area contributed by atoms with Gasteiger partial charge in [0, 0.05) is 28.5 Å². The van der Waals surface area contributed by atoms with Gasteiger partial charge in [-0.25, -0.2) is 4.98 Å². The fourth-order valence-corrected chi connectivity index (χ4v) is 3.26. The first-order chi connectivity index (χ1) is 9.72. The number of hydrogen-bond donors (Lipinski definition) is 1. The maximum atomic E-state index is 6.32. The second kappa shape index (κ2) is 4.60. The van der Waals surface area contributed by atoms with Gasteiger partial charge in [-0.05, 0) is 31.0 Å². The van der Waals surface area contributed by atoms with Crippen molar-refractivity contribution < 1.29 is 4.74 Å². The van der Waals surface area contributed by atoms with Crippen molar-refractivity contribution in [3.05, 3.63) is 46.5 Å². The lowest BCUT2D eigenvalue weighted by atomic mass is 9.96. The lowest BCUT2D eigenvalue weighted by Crippen LogP contribution is -2.25. The molecule has 104 valence electrons. The van der Waals surface area contributed by atoms with E-state index in [1.54, 1.807) is 0 Å². The summed E-state index contributed by atoms with van der Waals surface area (Å²) in [7, 11) is 0. The van der Waals surface area contributed by atoms with Gasteiger partial charge >= 0.3 is 0 Å². The van der Waals surface area contributed by atoms with Gasteiger partial charge in [0.2, 0.25) is 0 Å². The van der Waals surface area contributed by atoms with Crippen molar-refractivity contribution in [3.8, 4) is 5.75 Å². The number of fused-ring (bicyclic) bond motifs is 1. The van der Waals surface area contributed by atoms with E-state index in [0.29, 0.717) is 6.04 Å². The van der Waals surface area contributed by atoms with Crippen LogP contribution in [0.4, 0.5) is 0 Å². The van der Waals surface area contributed by atoms with Crippen molar-refractivity contribution in [2.75, 3.05) is 0 Å². The number of imidazole rings is 1. The van der Waals surface area contributed by atoms with Crippen LogP contribution in [0.25, 0.3) is 0 Å². The molecule has 5 heteroatoms. The summed E-state index contributed by atoms with van der Waals surface area (Å²) in [4.78, 5) is 4.29. The Bertz CT molecular complexity index is 650. The highest BCUT2D eigenvalue weighted by atomic mass is 79.9. The highest BCUT2D eigenvalue weighted by Crippen LogP contribution is 2.43. The zero-order valence-electron chi connectivity index (χ0n) is 11.0. The summed E-state index contributed by atoms with van der Waals surface area (Å²) >= 11 is 3.49. The first-order valence-corrected chi connectivity index (χ1v) is 7.75. The van der Waals surface area contributed by atoms with Gasteiger partial charge < -0.3 is 15.0 Å². The molecular formula is C15H16BrN3O. The van der Waals surface area contributed by atoms with Crippen LogP contribution in [-0.4, -0.2) is 9.55 Å². The van der Waals surface area contributed by atoms with Crippen LogP contribution in [0.2, 0.25) is 0 Å². The minimum Gasteiger partial charge on any atom is -0.484 e. The zero-order chi connectivity index (χ0) is 13.7. The number of ether oxygens (including phenoxy) is 1. The fourth-order valence-electron chi connectivity index (χ4n) is 2.88. The molecule has 4 nitrogen and oxygen atoms in total. The quantitative estimate of drug-likeness (QED) is 0.914. The van der Waals surface area contributed by atoms with E-state index in [2.05, 4.69) is 31.5 Å². The molecule has 1 aliphatic heterocycles. The molecule has 2 N–H and O–H groups in total. The third kappa shape index (κ3) is 2.05. The van der Waals surface area contributed by atoms with Gasteiger partial charge in [0.15, 0.2) is 0 Å². The third-order valence-corrected chi connectivity index (χ3v) is 4.57. The van der Waals surface area contributed by atoms with Crippen LogP contribution in [0.15, 0.2) is 35.2 Å². The molecule has 4 rings (SSSR count). The predicted octanol–water partition coefficient (Wildman–Crippen LogP) is 3.50. The molecule has 2 heterocycles. The number of halogens is 1. The smallest absolute Gasteiger partial charge is 0.142 e. The molecule has 1 aromatic carbocycles. The van der Waals surface area contributed by atoms with Gasteiger partial charge in [-0.2, -0.15) is 0 Å². The summed E-state index contributed by atoms with van der Waals surface area (Å²) in [6.45, 7) is 0. The molecule has 2 aromatic rings. The number of benzene rings is 1. The van der Waals surface area contributed by atoms with Gasteiger partial charge in [-0.15, -0.1) is 0 Å². The molecule has 0 spiro atoms. The summed E-state index contributed by atoms with van der Waals surface area (Å²) < 4.78 is 9.45. The Kier molecular flexibility index (Phi) is 2.86. The van der Waals surface area contributed by atoms with Crippen molar-refractivity contribution >= 4 is 15.9 Å². The number of nitrogens with two attached hydrogens (primary N) is 1. The lowest BCUT2D eigenvalue weighted by Gasteiger charge is -2.31. The molecule has 1 aromatic heterocycles. The second-order valence-electron chi connectivity index (χ2n) is 5.59. The van der Waals surface area contributed by atoms with Crippen molar-refractivity contribution in [3.63, 3.8) is 0 Å². The minimum absolute atomic E-state index is 0.00164. The average Bonchev–Trinajstić information content (AvgIpc) is 3.17. The maximum absolute atomic E-state index is 6.32. The normalized spacial score (nSPS) is 25.1. The van der Waals surface area contributed by atoms with E-state index < -0.39 is 0 Å². The summed E-state index contributed by atoms with van der Waals surface area (Å²) in [5.41, 5.74) is 8.55. The van der Waals surface area contributed by atoms with Gasteiger partial charge in [0.1, 0.15) is 11.9 Å². The number of rotatable bonds is 2. The van der Waals surface area contributed by atoms with Crippen molar-refractivity contribution in [1.29, 1.82) is 0 Å². The fraction of sp³-hybridized carbons (Fsp3) is 0.400. The Balaban J connectivity index is 1.68. The van der Waals surface area contributed by atoms with E-state index in [9.17, 15) is 0 Å². The molecule has 2 atom stereocenters. The van der Waals surface area contributed by atoms with E-state index in [4.69, 9.17) is 10.5 Å². The van der Waals surface area contributed by atoms with E-state index in [1.807, 2.05) is 24.7 Å². The lowest BCUT2D eigenvalue weighted by molar-refractivity contribution is 0.153. The second-order valence-corrected chi connectivity index (χ2v) is 6.50. The first-order valence-electron chi connectivity index (χ1n) is 6.96. The van der Waals surface area contributed by atoms with Crippen LogP contribution >= 0.6 is 15.9 Å². The van der Waals surface area contributed by atoms with Gasteiger partial charge in [0.25, 0.3) is 0 Å². The third-order valence-electron chi connectivity index (χ3n) is 4.07. The maximum Gasteiger partial charge on any atom is 0.142 e. The van der Waals surface area contributed by atoms with Crippen LogP contribution in [-0.2, 0) is 0 Å². The number of hydrogen-bond acceptors (Lipinski definition) is 3. The summed E-state index contributed by atoms with van der Waals surface area (Å²) in [6, 6.07) is 6.64. The van der Waals surface area contributed by atoms with Crippen LogP contribution < -0.4 is 10.5 Å². The molecule has 2 aliphatic rings. The van der Waals surface area contributed by atoms with Crippen LogP contribution in [0.1, 0.15) is 48.7 Å². The predicted molar refractivity (Wildman–Crippen MR) is 79.6 cm³/mol. The average molecular weight is 334 g/mol. The van der Waals surface area contributed by atoms with Gasteiger partial charge in [-0.3, -0.25) is 0 Å². The molecule has 0 radical (unpaired) electrons. The van der Waals surface area contributed by atoms with Crippen molar-refractivity contribution in [2.45, 2.75) is 37.5 Å². The molecule has 0 saturated heterocycles. The van der Waals surface area contributed by atoms with Crippen LogP contribution in [0.5, 0.6) is 5.75 Å². The summed E-state index contributed by atoms with van der Waals surface area (Å²) in [5, 5.41) is 0. The highest BCUT2D eigenvalue weighted by Gasteiger charge is 2.33. The standard InChI is InChI=1S/C15H16BrN3O/c16-9-1-4-14-11(5-9)12(17)6-15(20-14)13-7-18-8-19(13)10-2-3-10/h1,4-5,7-8,10,12,15H,2-3,6,17H2. The molecule has 20 heavy (non-hydrogen) atoms. The van der Waals surface area contributed by atoms with E-state index in [1.165, 1.54) is 12.8 Å². The minimum atomic E-state index is 0.00164. The monoisotopic (exact) mass is 333 g/mol. The number of aromatic nitrogens is 2. The molecule has 0 amide bonds. The zero-order valence-corrected chi connectivity index (χ0v) is 12.6. The summed E-state index contributed by atoms with van der Waals surface area (Å²) in [6.07, 6.45) is 7.11. The van der Waals surface area contributed by atoms with E-state index in [-0.39, 0.29) is 12.1 Å². The van der Waals surface area contributed by atoms with E-state index >= 15 is 0 Å². The Labute approximate surface area is 126 Å². The van der Waals surface area contributed by atoms with Gasteiger partial charge in [-0.1, -0.05) is 15.9 Å². The highest BCUT2D eigenvalue weighted by molar-refractivity contribution is 9.10.